The minimum absolute atomic E-state index is 0.0962. The van der Waals surface area contributed by atoms with Gasteiger partial charge in [0.05, 0.1) is 11.7 Å². The fourth-order valence-corrected chi connectivity index (χ4v) is 1.92. The highest BCUT2D eigenvalue weighted by atomic mass is 19.1. The van der Waals surface area contributed by atoms with Crippen LogP contribution in [0.5, 0.6) is 0 Å². The van der Waals surface area contributed by atoms with Gasteiger partial charge in [-0.1, -0.05) is 6.07 Å². The minimum atomic E-state index is -1.22. The third-order valence-electron chi connectivity index (χ3n) is 2.91. The van der Waals surface area contributed by atoms with E-state index >= 15 is 0 Å². The largest absolute Gasteiger partial charge is 0.387 e. The average molecular weight is 286 g/mol. The molecule has 0 saturated carbocycles. The van der Waals surface area contributed by atoms with E-state index in [9.17, 15) is 18.7 Å². The van der Waals surface area contributed by atoms with Crippen LogP contribution in [-0.2, 0) is 4.79 Å². The van der Waals surface area contributed by atoms with E-state index in [-0.39, 0.29) is 18.0 Å². The minimum Gasteiger partial charge on any atom is -0.387 e. The fraction of sp³-hybridized carbons (Fsp3) is 0.500. The Balaban J connectivity index is 2.45. The molecule has 0 fully saturated rings. The van der Waals surface area contributed by atoms with Crippen LogP contribution in [0.3, 0.4) is 0 Å². The van der Waals surface area contributed by atoms with Crippen molar-refractivity contribution in [1.82, 2.24) is 10.2 Å². The van der Waals surface area contributed by atoms with E-state index in [1.54, 1.807) is 11.9 Å². The van der Waals surface area contributed by atoms with Gasteiger partial charge in [0.2, 0.25) is 5.91 Å². The maximum absolute atomic E-state index is 13.5. The van der Waals surface area contributed by atoms with E-state index in [4.69, 9.17) is 0 Å². The highest BCUT2D eigenvalue weighted by molar-refractivity contribution is 5.72. The Morgan fingerprint density at radius 2 is 2.00 bits per heavy atom. The molecule has 0 spiro atoms. The molecule has 0 radical (unpaired) electrons. The molecule has 112 valence electrons. The summed E-state index contributed by atoms with van der Waals surface area (Å²) in [5.41, 5.74) is -0.304. The number of hydrogen-bond acceptors (Lipinski definition) is 3. The van der Waals surface area contributed by atoms with Gasteiger partial charge in [-0.05, 0) is 32.1 Å². The van der Waals surface area contributed by atoms with Gasteiger partial charge in [0, 0.05) is 20.0 Å². The van der Waals surface area contributed by atoms with Gasteiger partial charge in [0.1, 0.15) is 11.6 Å². The van der Waals surface area contributed by atoms with Crippen LogP contribution in [0.2, 0.25) is 0 Å². The normalized spacial score (nSPS) is 12.5. The second kappa shape index (κ2) is 7.91. The van der Waals surface area contributed by atoms with Crippen LogP contribution in [0.4, 0.5) is 8.78 Å². The molecule has 0 aliphatic heterocycles. The molecule has 0 saturated heterocycles. The summed E-state index contributed by atoms with van der Waals surface area (Å²) in [7, 11) is 1.75. The average Bonchev–Trinajstić information content (AvgIpc) is 2.34. The molecule has 0 bridgehead atoms. The van der Waals surface area contributed by atoms with Gasteiger partial charge in [-0.25, -0.2) is 8.78 Å². The van der Waals surface area contributed by atoms with Gasteiger partial charge in [-0.3, -0.25) is 4.79 Å². The molecule has 1 atom stereocenters. The molecule has 6 heteroatoms. The molecular weight excluding hydrogens is 266 g/mol. The number of halogens is 2. The predicted molar refractivity (Wildman–Crippen MR) is 72.1 cm³/mol. The third-order valence-corrected chi connectivity index (χ3v) is 2.91. The van der Waals surface area contributed by atoms with Crippen molar-refractivity contribution in [3.05, 3.63) is 35.4 Å². The lowest BCUT2D eigenvalue weighted by Crippen LogP contribution is -2.29. The Labute approximate surface area is 117 Å². The summed E-state index contributed by atoms with van der Waals surface area (Å²) in [6, 6.07) is 3.51. The quantitative estimate of drug-likeness (QED) is 0.746. The summed E-state index contributed by atoms with van der Waals surface area (Å²) < 4.78 is 27.0. The number of carbonyl (C=O) groups excluding carboxylic acids is 1. The van der Waals surface area contributed by atoms with Crippen molar-refractivity contribution in [1.29, 1.82) is 0 Å². The lowest BCUT2D eigenvalue weighted by molar-refractivity contribution is -0.118. The number of aliphatic hydroxyl groups is 1. The molecule has 0 aromatic heterocycles. The van der Waals surface area contributed by atoms with Crippen molar-refractivity contribution in [2.45, 2.75) is 19.4 Å². The Morgan fingerprint density at radius 3 is 2.55 bits per heavy atom. The number of aliphatic hydroxyl groups excluding tert-OH is 1. The molecule has 0 aliphatic rings. The first-order valence-corrected chi connectivity index (χ1v) is 6.46. The van der Waals surface area contributed by atoms with E-state index in [1.165, 1.54) is 13.0 Å². The second-order valence-corrected chi connectivity index (χ2v) is 4.75. The Bertz CT molecular complexity index is 435. The second-order valence-electron chi connectivity index (χ2n) is 4.75. The maximum Gasteiger partial charge on any atom is 0.216 e. The number of carbonyl (C=O) groups is 1. The zero-order valence-corrected chi connectivity index (χ0v) is 11.7. The van der Waals surface area contributed by atoms with Gasteiger partial charge >= 0.3 is 0 Å². The van der Waals surface area contributed by atoms with Crippen LogP contribution in [0.25, 0.3) is 0 Å². The molecule has 1 rings (SSSR count). The van der Waals surface area contributed by atoms with Crippen molar-refractivity contribution >= 4 is 5.91 Å². The standard InChI is InChI=1S/C14H20F2N2O2/c1-10(19)17-7-4-8-18(2)9-13(20)14-11(15)5-3-6-12(14)16/h3,5-6,13,20H,4,7-9H2,1-2H3,(H,17,19). The zero-order chi connectivity index (χ0) is 15.1. The molecule has 1 aromatic carbocycles. The first-order chi connectivity index (χ1) is 9.41. The lowest BCUT2D eigenvalue weighted by atomic mass is 10.1. The monoisotopic (exact) mass is 286 g/mol. The van der Waals surface area contributed by atoms with Gasteiger partial charge in [-0.15, -0.1) is 0 Å². The molecular formula is C14H20F2N2O2. The highest BCUT2D eigenvalue weighted by Gasteiger charge is 2.18. The number of benzene rings is 1. The SMILES string of the molecule is CC(=O)NCCCN(C)CC(O)c1c(F)cccc1F. The smallest absolute Gasteiger partial charge is 0.216 e. The first kappa shape index (κ1) is 16.5. The molecule has 1 unspecified atom stereocenters. The van der Waals surface area contributed by atoms with Crippen LogP contribution < -0.4 is 5.32 Å². The van der Waals surface area contributed by atoms with Crippen molar-refractivity contribution in [3.8, 4) is 0 Å². The summed E-state index contributed by atoms with van der Waals surface area (Å²) in [5, 5.41) is 12.6. The summed E-state index contributed by atoms with van der Waals surface area (Å²) in [5.74, 6) is -1.59. The van der Waals surface area contributed by atoms with Crippen molar-refractivity contribution in [2.75, 3.05) is 26.7 Å². The topological polar surface area (TPSA) is 52.6 Å². The van der Waals surface area contributed by atoms with E-state index in [0.29, 0.717) is 19.5 Å². The number of nitrogens with one attached hydrogen (secondary N) is 1. The Morgan fingerprint density at radius 1 is 1.40 bits per heavy atom. The van der Waals surface area contributed by atoms with Crippen LogP contribution in [0.1, 0.15) is 25.0 Å². The molecule has 2 N–H and O–H groups in total. The van der Waals surface area contributed by atoms with E-state index < -0.39 is 17.7 Å². The Hall–Kier alpha value is -1.53. The summed E-state index contributed by atoms with van der Waals surface area (Å²) in [4.78, 5) is 12.4. The molecule has 1 aromatic rings. The zero-order valence-electron chi connectivity index (χ0n) is 11.7. The highest BCUT2D eigenvalue weighted by Crippen LogP contribution is 2.21. The van der Waals surface area contributed by atoms with Crippen molar-refractivity contribution < 1.29 is 18.7 Å². The number of amides is 1. The van der Waals surface area contributed by atoms with Gasteiger partial charge in [0.15, 0.2) is 0 Å². The van der Waals surface area contributed by atoms with E-state index in [2.05, 4.69) is 5.32 Å². The number of likely N-dealkylation sites (N-methyl/N-ethyl adjacent to an activating group) is 1. The van der Waals surface area contributed by atoms with Crippen LogP contribution >= 0.6 is 0 Å². The first-order valence-electron chi connectivity index (χ1n) is 6.46. The van der Waals surface area contributed by atoms with Crippen LogP contribution in [0.15, 0.2) is 18.2 Å². The molecule has 1 amide bonds. The van der Waals surface area contributed by atoms with Crippen LogP contribution in [0, 0.1) is 11.6 Å². The number of hydrogen-bond donors (Lipinski definition) is 2. The summed E-state index contributed by atoms with van der Waals surface area (Å²) in [6.45, 7) is 2.70. The Kier molecular flexibility index (Phi) is 6.54. The molecule has 20 heavy (non-hydrogen) atoms. The predicted octanol–water partition coefficient (Wildman–Crippen LogP) is 1.46. The number of rotatable bonds is 7. The van der Waals surface area contributed by atoms with Gasteiger partial charge < -0.3 is 15.3 Å². The molecule has 4 nitrogen and oxygen atoms in total. The molecule has 0 aliphatic carbocycles. The summed E-state index contributed by atoms with van der Waals surface area (Å²) in [6.07, 6.45) is -0.523. The fourth-order valence-electron chi connectivity index (χ4n) is 1.92. The maximum atomic E-state index is 13.5. The lowest BCUT2D eigenvalue weighted by Gasteiger charge is -2.21. The van der Waals surface area contributed by atoms with E-state index in [1.807, 2.05) is 0 Å². The third kappa shape index (κ3) is 5.22. The van der Waals surface area contributed by atoms with Crippen molar-refractivity contribution in [3.63, 3.8) is 0 Å². The van der Waals surface area contributed by atoms with E-state index in [0.717, 1.165) is 12.1 Å². The van der Waals surface area contributed by atoms with Gasteiger partial charge in [0.25, 0.3) is 0 Å². The number of nitrogens with zero attached hydrogens (tertiary/aromatic N) is 1. The van der Waals surface area contributed by atoms with Crippen LogP contribution in [-0.4, -0.2) is 42.6 Å². The van der Waals surface area contributed by atoms with Gasteiger partial charge in [-0.2, -0.15) is 0 Å². The summed E-state index contributed by atoms with van der Waals surface area (Å²) >= 11 is 0. The molecule has 0 heterocycles. The van der Waals surface area contributed by atoms with Crippen molar-refractivity contribution in [2.24, 2.45) is 0 Å².